The van der Waals surface area contributed by atoms with Gasteiger partial charge in [0.15, 0.2) is 12.6 Å². The Morgan fingerprint density at radius 3 is 1.29 bits per heavy atom. The van der Waals surface area contributed by atoms with Crippen molar-refractivity contribution in [1.82, 2.24) is 5.32 Å². The molecule has 0 aromatic heterocycles. The number of allylic oxidation sites excluding steroid dienone is 7. The Morgan fingerprint density at radius 2 is 0.846 bits per heavy atom. The molecule has 0 spiro atoms. The topological polar surface area (TPSA) is 228 Å². The van der Waals surface area contributed by atoms with Crippen LogP contribution in [0.5, 0.6) is 0 Å². The Morgan fingerprint density at radius 1 is 0.462 bits per heavy atom. The third kappa shape index (κ3) is 34.4. The molecule has 2 fully saturated rings. The second-order valence-corrected chi connectivity index (χ2v) is 22.5. The van der Waals surface area contributed by atoms with Gasteiger partial charge in [-0.15, -0.1) is 0 Å². The van der Waals surface area contributed by atoms with Crippen molar-refractivity contribution in [1.29, 1.82) is 0 Å². The van der Waals surface area contributed by atoms with E-state index in [-0.39, 0.29) is 18.9 Å². The minimum Gasteiger partial charge on any atom is -0.394 e. The lowest BCUT2D eigenvalue weighted by atomic mass is 9.97. The third-order valence-corrected chi connectivity index (χ3v) is 15.5. The number of hydrogen-bond donors (Lipinski definition) is 9. The number of carbonyl (C=O) groups is 1. The van der Waals surface area contributed by atoms with Crippen LogP contribution < -0.4 is 5.32 Å². The van der Waals surface area contributed by atoms with Gasteiger partial charge in [0.2, 0.25) is 5.91 Å². The van der Waals surface area contributed by atoms with Crippen molar-refractivity contribution < 1.29 is 64.6 Å². The van der Waals surface area contributed by atoms with Crippen LogP contribution in [0.25, 0.3) is 0 Å². The molecule has 2 aliphatic rings. The van der Waals surface area contributed by atoms with Crippen LogP contribution in [0.1, 0.15) is 258 Å². The summed E-state index contributed by atoms with van der Waals surface area (Å²) in [7, 11) is 0. The Balaban J connectivity index is 1.75. The molecule has 2 saturated heterocycles. The van der Waals surface area contributed by atoms with E-state index in [9.17, 15) is 45.6 Å². The van der Waals surface area contributed by atoms with Crippen LogP contribution in [0.15, 0.2) is 48.6 Å². The summed E-state index contributed by atoms with van der Waals surface area (Å²) < 4.78 is 22.8. The SMILES string of the molecule is CCCCCCC/C=C\C/C=C\C/C=C\CCCCCCCCC(=O)NC(COC1OC(CO)C(OC2OC(CO)C(O)C(O)C2O)C(O)C1O)C(O)/C=C/CCCCCCCCCCCCCCCCCCCCCCC. The van der Waals surface area contributed by atoms with E-state index in [1.807, 2.05) is 6.08 Å². The molecule has 2 rings (SSSR count). The minimum atomic E-state index is -1.79. The van der Waals surface area contributed by atoms with Gasteiger partial charge in [-0.1, -0.05) is 242 Å². The van der Waals surface area contributed by atoms with Crippen molar-refractivity contribution in [2.45, 2.75) is 331 Å². The molecule has 2 heterocycles. The highest BCUT2D eigenvalue weighted by Gasteiger charge is 2.51. The van der Waals surface area contributed by atoms with Crippen LogP contribution in [-0.4, -0.2) is 140 Å². The Hall–Kier alpha value is -2.05. The molecule has 14 heteroatoms. The predicted octanol–water partition coefficient (Wildman–Crippen LogP) is 11.6. The van der Waals surface area contributed by atoms with E-state index in [1.54, 1.807) is 6.08 Å². The van der Waals surface area contributed by atoms with Gasteiger partial charge in [0.05, 0.1) is 32.0 Å². The maximum absolute atomic E-state index is 13.3. The van der Waals surface area contributed by atoms with Crippen LogP contribution in [0.4, 0.5) is 0 Å². The highest BCUT2D eigenvalue weighted by Crippen LogP contribution is 2.30. The zero-order chi connectivity index (χ0) is 56.7. The quantitative estimate of drug-likeness (QED) is 0.0204. The van der Waals surface area contributed by atoms with E-state index in [2.05, 4.69) is 55.6 Å². The van der Waals surface area contributed by atoms with E-state index < -0.39 is 86.8 Å². The van der Waals surface area contributed by atoms with E-state index in [0.29, 0.717) is 6.42 Å². The van der Waals surface area contributed by atoms with E-state index in [4.69, 9.17) is 18.9 Å². The normalized spacial score (nSPS) is 24.8. The average Bonchev–Trinajstić information content (AvgIpc) is 3.48. The van der Waals surface area contributed by atoms with Crippen molar-refractivity contribution in [2.75, 3.05) is 19.8 Å². The van der Waals surface area contributed by atoms with Gasteiger partial charge >= 0.3 is 0 Å². The lowest BCUT2D eigenvalue weighted by molar-refractivity contribution is -0.359. The molecule has 1 amide bonds. The van der Waals surface area contributed by atoms with Crippen molar-refractivity contribution in [2.24, 2.45) is 0 Å². The molecule has 2 aliphatic heterocycles. The number of ether oxygens (including phenoxy) is 4. The fourth-order valence-corrected chi connectivity index (χ4v) is 10.4. The highest BCUT2D eigenvalue weighted by atomic mass is 16.7. The number of hydrogen-bond acceptors (Lipinski definition) is 13. The smallest absolute Gasteiger partial charge is 0.220 e. The van der Waals surface area contributed by atoms with Gasteiger partial charge in [0, 0.05) is 6.42 Å². The van der Waals surface area contributed by atoms with Gasteiger partial charge < -0.3 is 65.1 Å². The summed E-state index contributed by atoms with van der Waals surface area (Å²) in [6.45, 7) is 2.80. The molecular formula is C64H117NO13. The molecule has 0 bridgehead atoms. The maximum Gasteiger partial charge on any atom is 0.220 e. The maximum atomic E-state index is 13.3. The molecule has 12 atom stereocenters. The summed E-state index contributed by atoms with van der Waals surface area (Å²) in [4.78, 5) is 13.3. The largest absolute Gasteiger partial charge is 0.394 e. The Kier molecular flexibility index (Phi) is 45.8. The molecule has 78 heavy (non-hydrogen) atoms. The second-order valence-electron chi connectivity index (χ2n) is 22.5. The molecule has 14 nitrogen and oxygen atoms in total. The monoisotopic (exact) mass is 1110 g/mol. The number of nitrogens with one attached hydrogen (secondary N) is 1. The number of unbranched alkanes of at least 4 members (excludes halogenated alkanes) is 32. The molecule has 9 N–H and O–H groups in total. The van der Waals surface area contributed by atoms with Crippen LogP contribution in [0, 0.1) is 0 Å². The second kappa shape index (κ2) is 49.5. The van der Waals surface area contributed by atoms with Gasteiger partial charge in [0.1, 0.15) is 48.8 Å². The highest BCUT2D eigenvalue weighted by molar-refractivity contribution is 5.76. The Labute approximate surface area is 473 Å². The lowest BCUT2D eigenvalue weighted by Crippen LogP contribution is -2.65. The summed E-state index contributed by atoms with van der Waals surface area (Å²) in [6, 6.07) is -0.924. The summed E-state index contributed by atoms with van der Waals surface area (Å²) in [5.74, 6) is -0.250. The molecule has 0 aromatic carbocycles. The molecular weight excluding hydrogens is 991 g/mol. The first-order chi connectivity index (χ1) is 38.1. The van der Waals surface area contributed by atoms with Crippen molar-refractivity contribution in [3.63, 3.8) is 0 Å². The summed E-state index contributed by atoms with van der Waals surface area (Å²) in [6.07, 6.45) is 45.7. The summed E-state index contributed by atoms with van der Waals surface area (Å²) in [5, 5.41) is 87.2. The van der Waals surface area contributed by atoms with Crippen LogP contribution >= 0.6 is 0 Å². The molecule has 0 radical (unpaired) electrons. The number of carbonyl (C=O) groups excluding carboxylic acids is 1. The van der Waals surface area contributed by atoms with Gasteiger partial charge in [-0.05, 0) is 57.8 Å². The lowest BCUT2D eigenvalue weighted by Gasteiger charge is -2.46. The first-order valence-corrected chi connectivity index (χ1v) is 31.9. The van der Waals surface area contributed by atoms with Gasteiger partial charge in [-0.2, -0.15) is 0 Å². The molecule has 456 valence electrons. The van der Waals surface area contributed by atoms with E-state index in [0.717, 1.165) is 70.6 Å². The van der Waals surface area contributed by atoms with Crippen molar-refractivity contribution in [3.8, 4) is 0 Å². The number of aliphatic hydroxyl groups excluding tert-OH is 8. The molecule has 0 aliphatic carbocycles. The van der Waals surface area contributed by atoms with Crippen LogP contribution in [0.3, 0.4) is 0 Å². The minimum absolute atomic E-state index is 0.250. The average molecular weight is 1110 g/mol. The van der Waals surface area contributed by atoms with Crippen molar-refractivity contribution in [3.05, 3.63) is 48.6 Å². The fraction of sp³-hybridized carbons (Fsp3) is 0.859. The van der Waals surface area contributed by atoms with Gasteiger partial charge in [0.25, 0.3) is 0 Å². The first kappa shape index (κ1) is 72.1. The van der Waals surface area contributed by atoms with Gasteiger partial charge in [-0.25, -0.2) is 0 Å². The zero-order valence-corrected chi connectivity index (χ0v) is 49.2. The predicted molar refractivity (Wildman–Crippen MR) is 314 cm³/mol. The zero-order valence-electron chi connectivity index (χ0n) is 49.2. The standard InChI is InChI=1S/C64H117NO13/c1-3-5-7-9-11-13-15-17-19-21-23-25-26-28-29-31-33-35-37-39-41-43-45-47-53(68)52(51-75-63-61(74)59(72)62(55(50-67)77-63)78-64-60(73)58(71)57(70)54(49-66)76-64)65-56(69)48-46-44-42-40-38-36-34-32-30-27-24-22-20-18-16-14-12-10-8-6-4-2/h16,18,22,24,30,32,45,47,52-55,57-64,66-68,70-74H,3-15,17,19-21,23,25-29,31,33-44,46,48-51H2,1-2H3,(H,65,69)/b18-16-,24-22-,32-30-,47-45+. The number of amides is 1. The van der Waals surface area contributed by atoms with E-state index in [1.165, 1.54) is 161 Å². The summed E-state index contributed by atoms with van der Waals surface area (Å²) >= 11 is 0. The van der Waals surface area contributed by atoms with Crippen LogP contribution in [0.2, 0.25) is 0 Å². The van der Waals surface area contributed by atoms with Gasteiger partial charge in [-0.3, -0.25) is 4.79 Å². The Bertz CT molecular complexity index is 1490. The third-order valence-electron chi connectivity index (χ3n) is 15.5. The van der Waals surface area contributed by atoms with E-state index >= 15 is 0 Å². The first-order valence-electron chi connectivity index (χ1n) is 31.9. The molecule has 0 saturated carbocycles. The molecule has 12 unspecified atom stereocenters. The number of aliphatic hydroxyl groups is 8. The van der Waals surface area contributed by atoms with Crippen molar-refractivity contribution >= 4 is 5.91 Å². The van der Waals surface area contributed by atoms with Crippen LogP contribution in [-0.2, 0) is 23.7 Å². The number of rotatable bonds is 51. The molecule has 0 aromatic rings. The fourth-order valence-electron chi connectivity index (χ4n) is 10.4. The summed E-state index contributed by atoms with van der Waals surface area (Å²) in [5.41, 5.74) is 0.